The van der Waals surface area contributed by atoms with Gasteiger partial charge >= 0.3 is 0 Å². The van der Waals surface area contributed by atoms with Crippen molar-refractivity contribution in [2.45, 2.75) is 51.0 Å². The van der Waals surface area contributed by atoms with Crippen LogP contribution in [0.5, 0.6) is 0 Å². The maximum Gasteiger partial charge on any atom is 0.258 e. The molecule has 1 saturated carbocycles. The van der Waals surface area contributed by atoms with Crippen LogP contribution in [-0.4, -0.2) is 10.1 Å². The number of nitrogens with two attached hydrogens (primary N) is 1. The molecule has 0 bridgehead atoms. The van der Waals surface area contributed by atoms with E-state index in [4.69, 9.17) is 10.3 Å². The van der Waals surface area contributed by atoms with Crippen LogP contribution >= 0.6 is 0 Å². The molecule has 2 aromatic rings. The van der Waals surface area contributed by atoms with Gasteiger partial charge in [-0.15, -0.1) is 0 Å². The summed E-state index contributed by atoms with van der Waals surface area (Å²) in [4.78, 5) is 4.43. The van der Waals surface area contributed by atoms with E-state index in [0.29, 0.717) is 17.3 Å². The molecule has 1 aromatic heterocycles. The molecule has 112 valence electrons. The Balaban J connectivity index is 1.92. The van der Waals surface area contributed by atoms with Crippen molar-refractivity contribution in [3.05, 3.63) is 35.4 Å². The van der Waals surface area contributed by atoms with Crippen molar-refractivity contribution >= 4 is 0 Å². The number of nitrogens with zero attached hydrogens (tertiary/aromatic N) is 2. The Hall–Kier alpha value is -1.75. The summed E-state index contributed by atoms with van der Waals surface area (Å²) in [6.45, 7) is 1.83. The highest BCUT2D eigenvalue weighted by molar-refractivity contribution is 5.54. The second-order valence-corrected chi connectivity index (χ2v) is 6.01. The van der Waals surface area contributed by atoms with Crippen LogP contribution in [-0.2, 0) is 5.54 Å². The Morgan fingerprint density at radius 3 is 2.52 bits per heavy atom. The van der Waals surface area contributed by atoms with Crippen LogP contribution in [0, 0.1) is 12.7 Å². The summed E-state index contributed by atoms with van der Waals surface area (Å²) in [5.74, 6) is 0.574. The fraction of sp³-hybridized carbons (Fsp3) is 0.500. The predicted molar refractivity (Wildman–Crippen MR) is 78.0 cm³/mol. The number of aryl methyl sites for hydroxylation is 1. The maximum atomic E-state index is 13.5. The SMILES string of the molecule is Cc1cc(F)cc(-c2nc(C3(N)CCCCCC3)no2)c1. The minimum absolute atomic E-state index is 0.304. The van der Waals surface area contributed by atoms with Crippen LogP contribution in [0.1, 0.15) is 49.9 Å². The van der Waals surface area contributed by atoms with Crippen molar-refractivity contribution in [3.8, 4) is 11.5 Å². The lowest BCUT2D eigenvalue weighted by molar-refractivity contribution is 0.334. The van der Waals surface area contributed by atoms with Gasteiger partial charge in [-0.3, -0.25) is 0 Å². The molecule has 5 heteroatoms. The molecule has 3 rings (SSSR count). The van der Waals surface area contributed by atoms with Crippen LogP contribution < -0.4 is 5.73 Å². The monoisotopic (exact) mass is 289 g/mol. The summed E-state index contributed by atoms with van der Waals surface area (Å²) < 4.78 is 18.8. The lowest BCUT2D eigenvalue weighted by atomic mass is 9.91. The van der Waals surface area contributed by atoms with Crippen LogP contribution in [0.25, 0.3) is 11.5 Å². The zero-order valence-corrected chi connectivity index (χ0v) is 12.2. The van der Waals surface area contributed by atoms with Gasteiger partial charge in [-0.2, -0.15) is 4.98 Å². The molecule has 0 atom stereocenters. The first-order chi connectivity index (χ1) is 10.1. The number of hydrogen-bond acceptors (Lipinski definition) is 4. The normalized spacial score (nSPS) is 18.4. The van der Waals surface area contributed by atoms with E-state index in [-0.39, 0.29) is 5.82 Å². The molecule has 0 saturated heterocycles. The van der Waals surface area contributed by atoms with Crippen LogP contribution in [0.4, 0.5) is 4.39 Å². The molecule has 0 spiro atoms. The highest BCUT2D eigenvalue weighted by Gasteiger charge is 2.33. The molecule has 1 fully saturated rings. The third-order valence-corrected chi connectivity index (χ3v) is 4.16. The molecular formula is C16H20FN3O. The summed E-state index contributed by atoms with van der Waals surface area (Å²) in [7, 11) is 0. The molecule has 1 aliphatic carbocycles. The smallest absolute Gasteiger partial charge is 0.258 e. The molecule has 0 unspecified atom stereocenters. The molecule has 21 heavy (non-hydrogen) atoms. The molecule has 0 radical (unpaired) electrons. The molecule has 0 amide bonds. The molecule has 1 aromatic carbocycles. The van der Waals surface area contributed by atoms with Gasteiger partial charge in [-0.05, 0) is 43.5 Å². The summed E-state index contributed by atoms with van der Waals surface area (Å²) in [6, 6.07) is 4.70. The second-order valence-electron chi connectivity index (χ2n) is 6.01. The van der Waals surface area contributed by atoms with Gasteiger partial charge < -0.3 is 10.3 Å². The standard InChI is InChI=1S/C16H20FN3O/c1-11-8-12(10-13(17)9-11)14-19-15(20-21-14)16(18)6-4-2-3-5-7-16/h8-10H,2-7,18H2,1H3. The number of rotatable bonds is 2. The van der Waals surface area contributed by atoms with Crippen molar-refractivity contribution in [2.75, 3.05) is 0 Å². The average Bonchev–Trinajstić information content (AvgIpc) is 2.83. The summed E-state index contributed by atoms with van der Waals surface area (Å²) in [5.41, 5.74) is 7.38. The molecule has 2 N–H and O–H groups in total. The number of aromatic nitrogens is 2. The number of halogens is 1. The fourth-order valence-corrected chi connectivity index (χ4v) is 2.99. The number of benzene rings is 1. The molecule has 0 aliphatic heterocycles. The molecule has 1 aliphatic rings. The fourth-order valence-electron chi connectivity index (χ4n) is 2.99. The van der Waals surface area contributed by atoms with Gasteiger partial charge in [0.2, 0.25) is 0 Å². The van der Waals surface area contributed by atoms with Crippen molar-refractivity contribution in [3.63, 3.8) is 0 Å². The van der Waals surface area contributed by atoms with Gasteiger partial charge in [-0.1, -0.05) is 30.8 Å². The molecular weight excluding hydrogens is 269 g/mol. The Morgan fingerprint density at radius 2 is 1.86 bits per heavy atom. The molecule has 1 heterocycles. The van der Waals surface area contributed by atoms with Crippen molar-refractivity contribution in [2.24, 2.45) is 5.73 Å². The lowest BCUT2D eigenvalue weighted by Crippen LogP contribution is -2.37. The first-order valence-electron chi connectivity index (χ1n) is 7.47. The van der Waals surface area contributed by atoms with Crippen molar-refractivity contribution in [1.82, 2.24) is 10.1 Å². The predicted octanol–water partition coefficient (Wildman–Crippen LogP) is 3.69. The third kappa shape index (κ3) is 2.97. The first kappa shape index (κ1) is 14.2. The molecule has 4 nitrogen and oxygen atoms in total. The maximum absolute atomic E-state index is 13.5. The van der Waals surface area contributed by atoms with Crippen LogP contribution in [0.3, 0.4) is 0 Å². The third-order valence-electron chi connectivity index (χ3n) is 4.16. The van der Waals surface area contributed by atoms with Crippen LogP contribution in [0.15, 0.2) is 22.7 Å². The van der Waals surface area contributed by atoms with Crippen LogP contribution in [0.2, 0.25) is 0 Å². The van der Waals surface area contributed by atoms with Gasteiger partial charge in [0.25, 0.3) is 5.89 Å². The Bertz CT molecular complexity index is 610. The van der Waals surface area contributed by atoms with Gasteiger partial charge in [0.15, 0.2) is 5.82 Å². The lowest BCUT2D eigenvalue weighted by Gasteiger charge is -2.23. The van der Waals surface area contributed by atoms with Crippen molar-refractivity contribution in [1.29, 1.82) is 0 Å². The summed E-state index contributed by atoms with van der Waals surface area (Å²) in [6.07, 6.45) is 6.31. The first-order valence-corrected chi connectivity index (χ1v) is 7.47. The van der Waals surface area contributed by atoms with E-state index in [1.54, 1.807) is 0 Å². The summed E-state index contributed by atoms with van der Waals surface area (Å²) in [5, 5.41) is 4.06. The zero-order valence-electron chi connectivity index (χ0n) is 12.2. The second kappa shape index (κ2) is 5.56. The largest absolute Gasteiger partial charge is 0.334 e. The van der Waals surface area contributed by atoms with Gasteiger partial charge in [0.1, 0.15) is 5.82 Å². The highest BCUT2D eigenvalue weighted by atomic mass is 19.1. The van der Waals surface area contributed by atoms with E-state index < -0.39 is 5.54 Å². The average molecular weight is 289 g/mol. The van der Waals surface area contributed by atoms with E-state index in [9.17, 15) is 4.39 Å². The van der Waals surface area contributed by atoms with Gasteiger partial charge in [0, 0.05) is 5.56 Å². The highest BCUT2D eigenvalue weighted by Crippen LogP contribution is 2.33. The number of hydrogen-bond donors (Lipinski definition) is 1. The van der Waals surface area contributed by atoms with Gasteiger partial charge in [-0.25, -0.2) is 4.39 Å². The van der Waals surface area contributed by atoms with Crippen molar-refractivity contribution < 1.29 is 8.91 Å². The Labute approximate surface area is 123 Å². The van der Waals surface area contributed by atoms with E-state index in [2.05, 4.69) is 10.1 Å². The minimum Gasteiger partial charge on any atom is -0.334 e. The quantitative estimate of drug-likeness (QED) is 0.856. The topological polar surface area (TPSA) is 64.9 Å². The Morgan fingerprint density at radius 1 is 1.14 bits per heavy atom. The van der Waals surface area contributed by atoms with E-state index in [1.165, 1.54) is 25.0 Å². The van der Waals surface area contributed by atoms with Gasteiger partial charge in [0.05, 0.1) is 5.54 Å². The van der Waals surface area contributed by atoms with E-state index >= 15 is 0 Å². The Kier molecular flexibility index (Phi) is 3.76. The van der Waals surface area contributed by atoms with E-state index in [1.807, 2.05) is 13.0 Å². The van der Waals surface area contributed by atoms with E-state index in [0.717, 1.165) is 31.2 Å². The minimum atomic E-state index is -0.513. The summed E-state index contributed by atoms with van der Waals surface area (Å²) >= 11 is 0. The zero-order chi connectivity index (χ0) is 14.9.